The topological polar surface area (TPSA) is 49.4 Å². The Morgan fingerprint density at radius 3 is 2.85 bits per heavy atom. The molecule has 3 rings (SSSR count). The van der Waals surface area contributed by atoms with Crippen LogP contribution in [-0.2, 0) is 17.6 Å². The minimum Gasteiger partial charge on any atom is -0.332 e. The van der Waals surface area contributed by atoms with Crippen molar-refractivity contribution in [1.29, 1.82) is 0 Å². The van der Waals surface area contributed by atoms with Crippen molar-refractivity contribution in [1.82, 2.24) is 4.90 Å². The highest BCUT2D eigenvalue weighted by Crippen LogP contribution is 2.34. The molecule has 1 aliphatic rings. The summed E-state index contributed by atoms with van der Waals surface area (Å²) in [6.45, 7) is 2.26. The number of amides is 2. The number of hydrogen-bond acceptors (Lipinski definition) is 3. The van der Waals surface area contributed by atoms with E-state index < -0.39 is 0 Å². The Labute approximate surface area is 166 Å². The third-order valence-corrected chi connectivity index (χ3v) is 6.77. The molecule has 1 aliphatic carbocycles. The minimum atomic E-state index is -0.208. The van der Waals surface area contributed by atoms with Gasteiger partial charge in [-0.15, -0.1) is 11.3 Å². The fraction of sp³-hybridized carbons (Fsp3) is 0.400. The summed E-state index contributed by atoms with van der Waals surface area (Å²) in [6.07, 6.45) is 4.54. The summed E-state index contributed by atoms with van der Waals surface area (Å²) < 4.78 is 0.818. The monoisotopic (exact) mass is 434 g/mol. The highest BCUT2D eigenvalue weighted by atomic mass is 79.9. The van der Waals surface area contributed by atoms with Crippen molar-refractivity contribution in [2.75, 3.05) is 18.9 Å². The number of para-hydroxylation sites is 1. The highest BCUT2D eigenvalue weighted by molar-refractivity contribution is 9.10. The molecule has 1 aromatic heterocycles. The number of likely N-dealkylation sites (N-methyl/N-ethyl adjacent to an activating group) is 1. The quantitative estimate of drug-likeness (QED) is 0.738. The molecule has 0 unspecified atom stereocenters. The number of nitrogens with zero attached hydrogens (tertiary/aromatic N) is 1. The number of carbonyl (C=O) groups excluding carboxylic acids is 2. The number of fused-ring (bicyclic) bond motifs is 1. The SMILES string of the molecule is CC[C@@H]1CCc2sc(C(=O)N(C)CC(=O)Nc3ccccc3Br)cc2C1. The molecule has 1 heterocycles. The van der Waals surface area contributed by atoms with Gasteiger partial charge in [-0.3, -0.25) is 9.59 Å². The van der Waals surface area contributed by atoms with Crippen molar-refractivity contribution in [2.24, 2.45) is 5.92 Å². The normalized spacial score (nSPS) is 16.0. The van der Waals surface area contributed by atoms with E-state index in [9.17, 15) is 9.59 Å². The van der Waals surface area contributed by atoms with Gasteiger partial charge in [-0.1, -0.05) is 25.5 Å². The van der Waals surface area contributed by atoms with E-state index in [-0.39, 0.29) is 18.4 Å². The molecule has 138 valence electrons. The molecule has 0 spiro atoms. The number of aryl methyl sites for hydroxylation is 1. The third kappa shape index (κ3) is 4.35. The van der Waals surface area contributed by atoms with Gasteiger partial charge in [-0.2, -0.15) is 0 Å². The van der Waals surface area contributed by atoms with Crippen molar-refractivity contribution in [3.8, 4) is 0 Å². The van der Waals surface area contributed by atoms with Gasteiger partial charge < -0.3 is 10.2 Å². The molecule has 1 N–H and O–H groups in total. The standard InChI is InChI=1S/C20H23BrN2O2S/c1-3-13-8-9-17-14(10-13)11-18(26-17)20(25)23(2)12-19(24)22-16-7-5-4-6-15(16)21/h4-7,11,13H,3,8-10,12H2,1-2H3,(H,22,24)/t13-/m1/s1. The van der Waals surface area contributed by atoms with Gasteiger partial charge in [0, 0.05) is 16.4 Å². The Kier molecular flexibility index (Phi) is 6.14. The first-order valence-corrected chi connectivity index (χ1v) is 10.5. The smallest absolute Gasteiger partial charge is 0.264 e. The molecule has 1 aromatic carbocycles. The van der Waals surface area contributed by atoms with Crippen LogP contribution in [0.2, 0.25) is 0 Å². The Morgan fingerprint density at radius 2 is 2.12 bits per heavy atom. The zero-order valence-electron chi connectivity index (χ0n) is 15.0. The summed E-state index contributed by atoms with van der Waals surface area (Å²) in [5.41, 5.74) is 2.03. The van der Waals surface area contributed by atoms with E-state index >= 15 is 0 Å². The molecule has 0 fully saturated rings. The molecule has 26 heavy (non-hydrogen) atoms. The first kappa shape index (κ1) is 19.1. The third-order valence-electron chi connectivity index (χ3n) is 4.85. The summed E-state index contributed by atoms with van der Waals surface area (Å²) in [5, 5.41) is 2.83. The van der Waals surface area contributed by atoms with Crippen LogP contribution in [0.15, 0.2) is 34.8 Å². The first-order valence-electron chi connectivity index (χ1n) is 8.89. The van der Waals surface area contributed by atoms with Crippen LogP contribution in [0.3, 0.4) is 0 Å². The van der Waals surface area contributed by atoms with Gasteiger partial charge in [0.1, 0.15) is 0 Å². The van der Waals surface area contributed by atoms with Crippen LogP contribution in [-0.4, -0.2) is 30.3 Å². The predicted octanol–water partition coefficient (Wildman–Crippen LogP) is 4.74. The van der Waals surface area contributed by atoms with Crippen molar-refractivity contribution in [2.45, 2.75) is 32.6 Å². The fourth-order valence-corrected chi connectivity index (χ4v) is 4.87. The Morgan fingerprint density at radius 1 is 1.35 bits per heavy atom. The second-order valence-electron chi connectivity index (χ2n) is 6.77. The van der Waals surface area contributed by atoms with Gasteiger partial charge in [-0.05, 0) is 64.9 Å². The second kappa shape index (κ2) is 8.35. The maximum absolute atomic E-state index is 12.7. The van der Waals surface area contributed by atoms with E-state index in [1.807, 2.05) is 30.3 Å². The van der Waals surface area contributed by atoms with Crippen molar-refractivity contribution >= 4 is 44.8 Å². The molecule has 0 aliphatic heterocycles. The highest BCUT2D eigenvalue weighted by Gasteiger charge is 2.24. The van der Waals surface area contributed by atoms with Crippen molar-refractivity contribution < 1.29 is 9.59 Å². The summed E-state index contributed by atoms with van der Waals surface area (Å²) in [5.74, 6) is 0.438. The lowest BCUT2D eigenvalue weighted by atomic mass is 9.87. The predicted molar refractivity (Wildman–Crippen MR) is 110 cm³/mol. The van der Waals surface area contributed by atoms with E-state index in [1.165, 1.54) is 28.2 Å². The van der Waals surface area contributed by atoms with E-state index in [4.69, 9.17) is 0 Å². The lowest BCUT2D eigenvalue weighted by Crippen LogP contribution is -2.34. The average molecular weight is 435 g/mol. The van der Waals surface area contributed by atoms with Gasteiger partial charge in [0.25, 0.3) is 5.91 Å². The maximum atomic E-state index is 12.7. The zero-order chi connectivity index (χ0) is 18.7. The van der Waals surface area contributed by atoms with E-state index in [0.29, 0.717) is 5.69 Å². The Bertz CT molecular complexity index is 818. The van der Waals surface area contributed by atoms with E-state index in [0.717, 1.165) is 28.1 Å². The Hall–Kier alpha value is -1.66. The number of nitrogens with one attached hydrogen (secondary N) is 1. The molecule has 6 heteroatoms. The van der Waals surface area contributed by atoms with Gasteiger partial charge >= 0.3 is 0 Å². The molecule has 2 aromatic rings. The largest absolute Gasteiger partial charge is 0.332 e. The van der Waals surface area contributed by atoms with Crippen LogP contribution in [0, 0.1) is 5.92 Å². The molecular weight excluding hydrogens is 412 g/mol. The summed E-state index contributed by atoms with van der Waals surface area (Å²) in [4.78, 5) is 28.5. The summed E-state index contributed by atoms with van der Waals surface area (Å²) >= 11 is 4.99. The first-order chi connectivity index (χ1) is 12.5. The average Bonchev–Trinajstić information content (AvgIpc) is 3.05. The molecule has 1 atom stereocenters. The lowest BCUT2D eigenvalue weighted by Gasteiger charge is -2.19. The molecular formula is C20H23BrN2O2S. The van der Waals surface area contributed by atoms with Crippen LogP contribution < -0.4 is 5.32 Å². The summed E-state index contributed by atoms with van der Waals surface area (Å²) in [6, 6.07) is 9.46. The van der Waals surface area contributed by atoms with Crippen LogP contribution >= 0.6 is 27.3 Å². The fourth-order valence-electron chi connectivity index (χ4n) is 3.28. The van der Waals surface area contributed by atoms with Crippen LogP contribution in [0.5, 0.6) is 0 Å². The zero-order valence-corrected chi connectivity index (χ0v) is 17.5. The lowest BCUT2D eigenvalue weighted by molar-refractivity contribution is -0.116. The van der Waals surface area contributed by atoms with Crippen molar-refractivity contribution in [3.63, 3.8) is 0 Å². The number of benzene rings is 1. The Balaban J connectivity index is 1.62. The van der Waals surface area contributed by atoms with Crippen LogP contribution in [0.25, 0.3) is 0 Å². The number of anilines is 1. The number of halogens is 1. The van der Waals surface area contributed by atoms with Gasteiger partial charge in [-0.25, -0.2) is 0 Å². The molecule has 2 amide bonds. The second-order valence-corrected chi connectivity index (χ2v) is 8.76. The van der Waals surface area contributed by atoms with E-state index in [2.05, 4.69) is 28.2 Å². The van der Waals surface area contributed by atoms with Gasteiger partial charge in [0.05, 0.1) is 17.1 Å². The molecule has 0 bridgehead atoms. The van der Waals surface area contributed by atoms with Gasteiger partial charge in [0.2, 0.25) is 5.91 Å². The number of hydrogen-bond donors (Lipinski definition) is 1. The van der Waals surface area contributed by atoms with Crippen LogP contribution in [0.1, 0.15) is 39.9 Å². The molecule has 0 radical (unpaired) electrons. The molecule has 0 saturated heterocycles. The summed E-state index contributed by atoms with van der Waals surface area (Å²) in [7, 11) is 1.68. The van der Waals surface area contributed by atoms with Gasteiger partial charge in [0.15, 0.2) is 0 Å². The van der Waals surface area contributed by atoms with E-state index in [1.54, 1.807) is 18.4 Å². The van der Waals surface area contributed by atoms with Crippen LogP contribution in [0.4, 0.5) is 5.69 Å². The number of rotatable bonds is 5. The molecule has 0 saturated carbocycles. The van der Waals surface area contributed by atoms with Crippen molar-refractivity contribution in [3.05, 3.63) is 50.1 Å². The number of thiophene rings is 1. The number of carbonyl (C=O) groups is 2. The minimum absolute atomic E-state index is 0.0281. The maximum Gasteiger partial charge on any atom is 0.264 e. The molecule has 4 nitrogen and oxygen atoms in total.